The van der Waals surface area contributed by atoms with Crippen molar-refractivity contribution < 1.29 is 14.4 Å². The molecule has 0 unspecified atom stereocenters. The lowest BCUT2D eigenvalue weighted by atomic mass is 10.2. The third-order valence-electron chi connectivity index (χ3n) is 2.89. The van der Waals surface area contributed by atoms with Gasteiger partial charge in [-0.1, -0.05) is 11.6 Å². The van der Waals surface area contributed by atoms with Crippen molar-refractivity contribution in [2.75, 3.05) is 33.5 Å². The van der Waals surface area contributed by atoms with Crippen molar-refractivity contribution in [2.45, 2.75) is 19.4 Å². The molecule has 1 N–H and O–H groups in total. The molecule has 21 heavy (non-hydrogen) atoms. The van der Waals surface area contributed by atoms with Crippen LogP contribution in [0.4, 0.5) is 5.69 Å². The molecule has 1 aromatic rings. The number of methoxy groups -OCH3 is 1. The van der Waals surface area contributed by atoms with Crippen LogP contribution < -0.4 is 5.32 Å². The molecule has 0 bridgehead atoms. The lowest BCUT2D eigenvalue weighted by Gasteiger charge is -2.07. The van der Waals surface area contributed by atoms with E-state index in [1.54, 1.807) is 13.2 Å². The molecule has 0 fully saturated rings. The summed E-state index contributed by atoms with van der Waals surface area (Å²) in [6, 6.07) is 4.52. The van der Waals surface area contributed by atoms with E-state index in [1.165, 1.54) is 12.1 Å². The average Bonchev–Trinajstić information content (AvgIpc) is 2.46. The number of ether oxygens (including phenoxy) is 2. The van der Waals surface area contributed by atoms with Gasteiger partial charge in [0, 0.05) is 32.4 Å². The number of hydrogen-bond acceptors (Lipinski definition) is 5. The van der Waals surface area contributed by atoms with Gasteiger partial charge in [0.2, 0.25) is 0 Å². The molecule has 0 atom stereocenters. The Hall–Kier alpha value is -1.21. The van der Waals surface area contributed by atoms with E-state index in [1.807, 2.05) is 0 Å². The lowest BCUT2D eigenvalue weighted by molar-refractivity contribution is -0.384. The normalized spacial score (nSPS) is 10.8. The van der Waals surface area contributed by atoms with E-state index in [4.69, 9.17) is 21.1 Å². The minimum atomic E-state index is -0.452. The Morgan fingerprint density at radius 2 is 2.10 bits per heavy atom. The van der Waals surface area contributed by atoms with Crippen LogP contribution in [0.1, 0.15) is 18.4 Å². The van der Waals surface area contributed by atoms with Crippen LogP contribution in [0.25, 0.3) is 0 Å². The Bertz CT molecular complexity index is 443. The molecule has 0 saturated carbocycles. The van der Waals surface area contributed by atoms with Crippen LogP contribution in [0.2, 0.25) is 5.02 Å². The van der Waals surface area contributed by atoms with Crippen LogP contribution in [0.15, 0.2) is 18.2 Å². The van der Waals surface area contributed by atoms with E-state index in [9.17, 15) is 10.1 Å². The zero-order chi connectivity index (χ0) is 15.5. The van der Waals surface area contributed by atoms with Gasteiger partial charge in [0.25, 0.3) is 5.69 Å². The number of nitro groups is 1. The molecule has 0 spiro atoms. The smallest absolute Gasteiger partial charge is 0.270 e. The van der Waals surface area contributed by atoms with Crippen LogP contribution in [0.3, 0.4) is 0 Å². The summed E-state index contributed by atoms with van der Waals surface area (Å²) in [6.07, 6.45) is 1.97. The first-order valence-corrected chi connectivity index (χ1v) is 7.23. The van der Waals surface area contributed by atoms with Crippen molar-refractivity contribution in [3.05, 3.63) is 38.9 Å². The maximum absolute atomic E-state index is 10.6. The Kier molecular flexibility index (Phi) is 8.93. The van der Waals surface area contributed by atoms with Crippen LogP contribution in [0, 0.1) is 10.1 Å². The number of halogens is 1. The van der Waals surface area contributed by atoms with Gasteiger partial charge in [0.15, 0.2) is 0 Å². The Morgan fingerprint density at radius 1 is 1.29 bits per heavy atom. The Morgan fingerprint density at radius 3 is 2.76 bits per heavy atom. The molecule has 6 nitrogen and oxygen atoms in total. The molecule has 1 aromatic carbocycles. The number of non-ortho nitro benzene ring substituents is 1. The van der Waals surface area contributed by atoms with Crippen molar-refractivity contribution in [3.8, 4) is 0 Å². The SMILES string of the molecule is COCCOCCCCNCc1ccc([N+](=O)[O-])cc1Cl. The first-order chi connectivity index (χ1) is 10.1. The predicted octanol–water partition coefficient (Wildman–Crippen LogP) is 2.78. The van der Waals surface area contributed by atoms with Crippen LogP contribution in [0.5, 0.6) is 0 Å². The number of nitrogens with zero attached hydrogens (tertiary/aromatic N) is 1. The minimum absolute atomic E-state index is 0.0111. The highest BCUT2D eigenvalue weighted by molar-refractivity contribution is 6.31. The van der Waals surface area contributed by atoms with Gasteiger partial charge in [0.1, 0.15) is 0 Å². The Labute approximate surface area is 129 Å². The highest BCUT2D eigenvalue weighted by Crippen LogP contribution is 2.22. The largest absolute Gasteiger partial charge is 0.382 e. The van der Waals surface area contributed by atoms with E-state index in [-0.39, 0.29) is 5.69 Å². The summed E-state index contributed by atoms with van der Waals surface area (Å²) in [5.41, 5.74) is 0.871. The van der Waals surface area contributed by atoms with Crippen molar-refractivity contribution in [1.29, 1.82) is 0 Å². The molecule has 0 radical (unpaired) electrons. The van der Waals surface area contributed by atoms with Crippen molar-refractivity contribution in [2.24, 2.45) is 0 Å². The summed E-state index contributed by atoms with van der Waals surface area (Å²) in [6.45, 7) is 3.42. The lowest BCUT2D eigenvalue weighted by Crippen LogP contribution is -2.15. The van der Waals surface area contributed by atoms with Gasteiger partial charge >= 0.3 is 0 Å². The third-order valence-corrected chi connectivity index (χ3v) is 3.24. The second kappa shape index (κ2) is 10.5. The van der Waals surface area contributed by atoms with Crippen molar-refractivity contribution in [3.63, 3.8) is 0 Å². The molecule has 0 aliphatic heterocycles. The zero-order valence-corrected chi connectivity index (χ0v) is 12.9. The first-order valence-electron chi connectivity index (χ1n) is 6.85. The first kappa shape index (κ1) is 17.8. The second-order valence-corrected chi connectivity index (χ2v) is 4.93. The maximum atomic E-state index is 10.6. The molecular formula is C14H21ClN2O4. The van der Waals surface area contributed by atoms with Gasteiger partial charge in [0.05, 0.1) is 23.2 Å². The van der Waals surface area contributed by atoms with E-state index in [2.05, 4.69) is 5.32 Å². The summed E-state index contributed by atoms with van der Waals surface area (Å²) in [5.74, 6) is 0. The average molecular weight is 317 g/mol. The molecule has 0 aliphatic carbocycles. The topological polar surface area (TPSA) is 73.6 Å². The molecular weight excluding hydrogens is 296 g/mol. The summed E-state index contributed by atoms with van der Waals surface area (Å²) in [7, 11) is 1.65. The number of unbranched alkanes of at least 4 members (excludes halogenated alkanes) is 1. The summed E-state index contributed by atoms with van der Waals surface area (Å²) < 4.78 is 10.2. The van der Waals surface area contributed by atoms with E-state index < -0.39 is 4.92 Å². The van der Waals surface area contributed by atoms with Crippen molar-refractivity contribution in [1.82, 2.24) is 5.32 Å². The van der Waals surface area contributed by atoms with Gasteiger partial charge in [-0.3, -0.25) is 10.1 Å². The molecule has 7 heteroatoms. The van der Waals surface area contributed by atoms with Crippen LogP contribution in [-0.2, 0) is 16.0 Å². The molecule has 0 amide bonds. The van der Waals surface area contributed by atoms with Gasteiger partial charge < -0.3 is 14.8 Å². The Balaban J connectivity index is 2.14. The number of rotatable bonds is 11. The molecule has 1 rings (SSSR count). The predicted molar refractivity (Wildman–Crippen MR) is 81.7 cm³/mol. The monoisotopic (exact) mass is 316 g/mol. The number of nitro benzene ring substituents is 1. The quantitative estimate of drug-likeness (QED) is 0.386. The van der Waals surface area contributed by atoms with Gasteiger partial charge in [-0.2, -0.15) is 0 Å². The van der Waals surface area contributed by atoms with Gasteiger partial charge in [-0.05, 0) is 31.0 Å². The maximum Gasteiger partial charge on any atom is 0.270 e. The summed E-state index contributed by atoms with van der Waals surface area (Å²) >= 11 is 6.01. The van der Waals surface area contributed by atoms with E-state index in [0.717, 1.165) is 31.6 Å². The van der Waals surface area contributed by atoms with Gasteiger partial charge in [-0.15, -0.1) is 0 Å². The molecule has 0 aromatic heterocycles. The molecule has 0 aliphatic rings. The minimum Gasteiger partial charge on any atom is -0.382 e. The van der Waals surface area contributed by atoms with Crippen LogP contribution >= 0.6 is 11.6 Å². The highest BCUT2D eigenvalue weighted by Gasteiger charge is 2.08. The second-order valence-electron chi connectivity index (χ2n) is 4.52. The van der Waals surface area contributed by atoms with Gasteiger partial charge in [-0.25, -0.2) is 0 Å². The molecule has 0 heterocycles. The number of hydrogen-bond donors (Lipinski definition) is 1. The fourth-order valence-corrected chi connectivity index (χ4v) is 1.96. The third kappa shape index (κ3) is 7.38. The van der Waals surface area contributed by atoms with Crippen molar-refractivity contribution >= 4 is 17.3 Å². The fourth-order valence-electron chi connectivity index (χ4n) is 1.71. The fraction of sp³-hybridized carbons (Fsp3) is 0.571. The zero-order valence-electron chi connectivity index (χ0n) is 12.1. The number of nitrogens with one attached hydrogen (secondary N) is 1. The molecule has 0 saturated heterocycles. The number of benzene rings is 1. The van der Waals surface area contributed by atoms with E-state index in [0.29, 0.717) is 24.8 Å². The standard InChI is InChI=1S/C14H21ClN2O4/c1-20-8-9-21-7-3-2-6-16-11-12-4-5-13(17(18)19)10-14(12)15/h4-5,10,16H,2-3,6-9,11H2,1H3. The molecule has 118 valence electrons. The summed E-state index contributed by atoms with van der Waals surface area (Å²) in [4.78, 5) is 10.2. The highest BCUT2D eigenvalue weighted by atomic mass is 35.5. The van der Waals surface area contributed by atoms with E-state index >= 15 is 0 Å². The summed E-state index contributed by atoms with van der Waals surface area (Å²) in [5, 5.41) is 14.3. The van der Waals surface area contributed by atoms with Crippen LogP contribution in [-0.4, -0.2) is 38.4 Å².